The average Bonchev–Trinajstić information content (AvgIpc) is 2.57. The first-order chi connectivity index (χ1) is 12.2. The van der Waals surface area contributed by atoms with Gasteiger partial charge in [-0.3, -0.25) is 9.10 Å². The van der Waals surface area contributed by atoms with Crippen LogP contribution < -0.4 is 9.04 Å². The second-order valence-electron chi connectivity index (χ2n) is 5.11. The van der Waals surface area contributed by atoms with Crippen LogP contribution in [0.25, 0.3) is 0 Å². The van der Waals surface area contributed by atoms with E-state index >= 15 is 0 Å². The highest BCUT2D eigenvalue weighted by Crippen LogP contribution is 2.37. The van der Waals surface area contributed by atoms with Gasteiger partial charge in [-0.1, -0.05) is 34.8 Å². The summed E-state index contributed by atoms with van der Waals surface area (Å²) in [6, 6.07) is 8.38. The Balaban J connectivity index is 2.66. The molecular formula is C16H14Cl3NO5S. The summed E-state index contributed by atoms with van der Waals surface area (Å²) in [6.07, 6.45) is -0.437. The first-order valence-electron chi connectivity index (χ1n) is 7.20. The number of nitrogens with zero attached hydrogens (tertiary/aromatic N) is 1. The van der Waals surface area contributed by atoms with E-state index in [1.807, 2.05) is 0 Å². The van der Waals surface area contributed by atoms with Crippen LogP contribution in [0.5, 0.6) is 5.75 Å². The van der Waals surface area contributed by atoms with Crippen molar-refractivity contribution in [3.8, 4) is 5.75 Å². The molecule has 26 heavy (non-hydrogen) atoms. The summed E-state index contributed by atoms with van der Waals surface area (Å²) in [5.74, 6) is -0.954. The van der Waals surface area contributed by atoms with Crippen molar-refractivity contribution in [3.63, 3.8) is 0 Å². The van der Waals surface area contributed by atoms with E-state index < -0.39 is 22.4 Å². The van der Waals surface area contributed by atoms with Gasteiger partial charge in [-0.05, 0) is 36.4 Å². The third-order valence-corrected chi connectivity index (χ3v) is 6.16. The van der Waals surface area contributed by atoms with Crippen molar-refractivity contribution < 1.29 is 23.1 Å². The lowest BCUT2D eigenvalue weighted by Gasteiger charge is -2.26. The molecule has 0 radical (unpaired) electrons. The molecule has 0 spiro atoms. The van der Waals surface area contributed by atoms with Crippen molar-refractivity contribution in [2.45, 2.75) is 11.3 Å². The first kappa shape index (κ1) is 20.6. The van der Waals surface area contributed by atoms with Crippen molar-refractivity contribution in [1.82, 2.24) is 0 Å². The van der Waals surface area contributed by atoms with Crippen LogP contribution in [-0.4, -0.2) is 33.1 Å². The number of sulfonamides is 1. The number of carbonyl (C=O) groups is 1. The minimum absolute atomic E-state index is 0.0456. The molecule has 2 aromatic carbocycles. The van der Waals surface area contributed by atoms with E-state index in [2.05, 4.69) is 0 Å². The number of ether oxygens (including phenoxy) is 1. The fourth-order valence-corrected chi connectivity index (χ4v) is 4.59. The van der Waals surface area contributed by atoms with Gasteiger partial charge in [0.2, 0.25) is 0 Å². The maximum atomic E-state index is 13.2. The molecule has 0 unspecified atom stereocenters. The molecule has 2 aromatic rings. The predicted octanol–water partition coefficient (Wildman–Crippen LogP) is 4.33. The number of halogens is 3. The van der Waals surface area contributed by atoms with Crippen LogP contribution in [0.2, 0.25) is 15.1 Å². The molecule has 0 fully saturated rings. The van der Waals surface area contributed by atoms with Gasteiger partial charge < -0.3 is 9.84 Å². The number of carboxylic acid groups (broad SMARTS) is 1. The Morgan fingerprint density at radius 1 is 1.12 bits per heavy atom. The Morgan fingerprint density at radius 3 is 2.35 bits per heavy atom. The summed E-state index contributed by atoms with van der Waals surface area (Å²) in [5, 5.41) is 9.38. The van der Waals surface area contributed by atoms with Crippen LogP contribution in [0.3, 0.4) is 0 Å². The number of methoxy groups -OCH3 is 1. The summed E-state index contributed by atoms with van der Waals surface area (Å²) in [4.78, 5) is 10.8. The molecule has 0 aliphatic heterocycles. The van der Waals surface area contributed by atoms with Crippen molar-refractivity contribution in [1.29, 1.82) is 0 Å². The third kappa shape index (κ3) is 4.54. The van der Waals surface area contributed by atoms with E-state index in [0.29, 0.717) is 0 Å². The van der Waals surface area contributed by atoms with Gasteiger partial charge in [-0.2, -0.15) is 0 Å². The zero-order chi connectivity index (χ0) is 19.5. The van der Waals surface area contributed by atoms with Gasteiger partial charge in [0.25, 0.3) is 10.0 Å². The van der Waals surface area contributed by atoms with Gasteiger partial charge in [0, 0.05) is 16.6 Å². The summed E-state index contributed by atoms with van der Waals surface area (Å²) < 4.78 is 32.5. The normalized spacial score (nSPS) is 11.2. The average molecular weight is 439 g/mol. The molecule has 2 rings (SSSR count). The Kier molecular flexibility index (Phi) is 6.63. The maximum absolute atomic E-state index is 13.2. The molecule has 1 N–H and O–H groups in total. The summed E-state index contributed by atoms with van der Waals surface area (Å²) in [7, 11) is -2.88. The fourth-order valence-electron chi connectivity index (χ4n) is 2.22. The molecule has 140 valence electrons. The first-order valence-corrected chi connectivity index (χ1v) is 9.77. The highest BCUT2D eigenvalue weighted by molar-refractivity contribution is 7.93. The topological polar surface area (TPSA) is 83.9 Å². The van der Waals surface area contributed by atoms with Gasteiger partial charge in [0.1, 0.15) is 10.6 Å². The van der Waals surface area contributed by atoms with Crippen LogP contribution in [0.15, 0.2) is 41.3 Å². The molecule has 0 heterocycles. The van der Waals surface area contributed by atoms with Crippen LogP contribution in [0.4, 0.5) is 5.69 Å². The molecule has 6 nitrogen and oxygen atoms in total. The molecule has 0 saturated heterocycles. The van der Waals surface area contributed by atoms with E-state index in [4.69, 9.17) is 44.6 Å². The largest absolute Gasteiger partial charge is 0.495 e. The van der Waals surface area contributed by atoms with Crippen LogP contribution >= 0.6 is 34.8 Å². The summed E-state index contributed by atoms with van der Waals surface area (Å²) in [5.41, 5.74) is 0.0947. The lowest BCUT2D eigenvalue weighted by Crippen LogP contribution is -2.33. The molecule has 0 amide bonds. The quantitative estimate of drug-likeness (QED) is 0.696. The van der Waals surface area contributed by atoms with Gasteiger partial charge in [0.15, 0.2) is 0 Å². The number of hydrogen-bond donors (Lipinski definition) is 1. The van der Waals surface area contributed by atoms with Crippen LogP contribution in [-0.2, 0) is 14.8 Å². The van der Waals surface area contributed by atoms with E-state index in [9.17, 15) is 13.2 Å². The van der Waals surface area contributed by atoms with E-state index in [1.165, 1.54) is 43.5 Å². The minimum Gasteiger partial charge on any atom is -0.495 e. The third-order valence-electron chi connectivity index (χ3n) is 3.40. The summed E-state index contributed by atoms with van der Waals surface area (Å²) in [6.45, 7) is -0.350. The number of rotatable bonds is 7. The SMILES string of the molecule is COc1ccc(Cl)cc1N(CCC(=O)O)S(=O)(=O)c1cc(Cl)ccc1Cl. The number of anilines is 1. The molecule has 0 bridgehead atoms. The zero-order valence-corrected chi connectivity index (χ0v) is 16.5. The van der Waals surface area contributed by atoms with Crippen molar-refractivity contribution in [2.75, 3.05) is 18.0 Å². The Hall–Kier alpha value is -1.67. The number of aliphatic carboxylic acids is 1. The molecule has 0 atom stereocenters. The Labute approximate surface area is 165 Å². The second kappa shape index (κ2) is 8.35. The molecule has 10 heteroatoms. The van der Waals surface area contributed by atoms with Crippen LogP contribution in [0, 0.1) is 0 Å². The number of carboxylic acids is 1. The molecule has 0 saturated carbocycles. The lowest BCUT2D eigenvalue weighted by molar-refractivity contribution is -0.136. The van der Waals surface area contributed by atoms with E-state index in [-0.39, 0.29) is 37.9 Å². The molecule has 0 aliphatic rings. The van der Waals surface area contributed by atoms with Crippen molar-refractivity contribution in [2.24, 2.45) is 0 Å². The Bertz CT molecular complexity index is 933. The van der Waals surface area contributed by atoms with Gasteiger partial charge >= 0.3 is 5.97 Å². The molecule has 0 aromatic heterocycles. The van der Waals surface area contributed by atoms with Crippen LogP contribution in [0.1, 0.15) is 6.42 Å². The maximum Gasteiger partial charge on any atom is 0.305 e. The number of hydrogen-bond acceptors (Lipinski definition) is 4. The van der Waals surface area contributed by atoms with Gasteiger partial charge in [-0.25, -0.2) is 8.42 Å². The molecule has 0 aliphatic carbocycles. The van der Waals surface area contributed by atoms with E-state index in [0.717, 1.165) is 4.31 Å². The minimum atomic E-state index is -4.24. The highest BCUT2D eigenvalue weighted by Gasteiger charge is 2.30. The Morgan fingerprint density at radius 2 is 1.73 bits per heavy atom. The summed E-state index contributed by atoms with van der Waals surface area (Å²) >= 11 is 17.9. The highest BCUT2D eigenvalue weighted by atomic mass is 35.5. The lowest BCUT2D eigenvalue weighted by atomic mass is 10.3. The van der Waals surface area contributed by atoms with Crippen molar-refractivity contribution >= 4 is 56.5 Å². The predicted molar refractivity (Wildman–Crippen MR) is 101 cm³/mol. The fraction of sp³-hybridized carbons (Fsp3) is 0.188. The van der Waals surface area contributed by atoms with Gasteiger partial charge in [-0.15, -0.1) is 0 Å². The van der Waals surface area contributed by atoms with Gasteiger partial charge in [0.05, 0.1) is 24.2 Å². The zero-order valence-electron chi connectivity index (χ0n) is 13.4. The molecular weight excluding hydrogens is 425 g/mol. The second-order valence-corrected chi connectivity index (χ2v) is 8.22. The van der Waals surface area contributed by atoms with Crippen molar-refractivity contribution in [3.05, 3.63) is 51.5 Å². The standard InChI is InChI=1S/C16H14Cl3NO5S/c1-25-14-5-3-10(17)8-13(14)20(7-6-16(21)22)26(23,24)15-9-11(18)2-4-12(15)19/h2-5,8-9H,6-7H2,1H3,(H,21,22). The number of benzene rings is 2. The smallest absolute Gasteiger partial charge is 0.305 e. The van der Waals surface area contributed by atoms with E-state index in [1.54, 1.807) is 0 Å². The monoisotopic (exact) mass is 437 g/mol.